The molecule has 1 aliphatic rings. The van der Waals surface area contributed by atoms with Crippen LogP contribution >= 0.6 is 0 Å². The van der Waals surface area contributed by atoms with E-state index in [1.54, 1.807) is 24.0 Å². The number of hydrogen-bond donors (Lipinski definition) is 0. The molecule has 0 radical (unpaired) electrons. The topological polar surface area (TPSA) is 52.0 Å². The lowest BCUT2D eigenvalue weighted by molar-refractivity contribution is -0.126. The summed E-state index contributed by atoms with van der Waals surface area (Å²) in [4.78, 5) is 24.1. The van der Waals surface area contributed by atoms with E-state index in [0.717, 1.165) is 6.42 Å². The zero-order chi connectivity index (χ0) is 11.9. The minimum absolute atomic E-state index is 0.0585. The molecule has 0 aromatic carbocycles. The van der Waals surface area contributed by atoms with Crippen molar-refractivity contribution >= 4 is 11.6 Å². The van der Waals surface area contributed by atoms with E-state index in [-0.39, 0.29) is 17.0 Å². The Morgan fingerprint density at radius 1 is 1.56 bits per heavy atom. The van der Waals surface area contributed by atoms with Crippen LogP contribution in [0.5, 0.6) is 0 Å². The van der Waals surface area contributed by atoms with Crippen molar-refractivity contribution in [2.75, 3.05) is 0 Å². The third-order valence-electron chi connectivity index (χ3n) is 3.32. The van der Waals surface area contributed by atoms with E-state index in [0.29, 0.717) is 12.1 Å². The fraction of sp³-hybridized carbons (Fsp3) is 0.583. The summed E-state index contributed by atoms with van der Waals surface area (Å²) in [5, 5.41) is 4.05. The second-order valence-electron chi connectivity index (χ2n) is 5.08. The highest BCUT2D eigenvalue weighted by Gasteiger charge is 2.44. The number of aryl methyl sites for hydroxylation is 1. The summed E-state index contributed by atoms with van der Waals surface area (Å²) < 4.78 is 1.58. The molecule has 1 fully saturated rings. The van der Waals surface area contributed by atoms with E-state index in [1.165, 1.54) is 0 Å². The summed E-state index contributed by atoms with van der Waals surface area (Å²) in [5.41, 5.74) is 0.0494. The van der Waals surface area contributed by atoms with Crippen molar-refractivity contribution in [2.45, 2.75) is 26.7 Å². The fourth-order valence-corrected chi connectivity index (χ4v) is 2.21. The van der Waals surface area contributed by atoms with Crippen LogP contribution < -0.4 is 0 Å². The van der Waals surface area contributed by atoms with Gasteiger partial charge in [0, 0.05) is 18.7 Å². The molecule has 0 amide bonds. The van der Waals surface area contributed by atoms with E-state index in [1.807, 2.05) is 13.8 Å². The van der Waals surface area contributed by atoms with Crippen molar-refractivity contribution in [1.82, 2.24) is 9.78 Å². The molecule has 1 aromatic rings. The van der Waals surface area contributed by atoms with Crippen LogP contribution in [0, 0.1) is 11.3 Å². The minimum atomic E-state index is -0.482. The number of carbonyl (C=O) groups excluding carboxylic acids is 2. The smallest absolute Gasteiger partial charge is 0.193 e. The molecule has 16 heavy (non-hydrogen) atoms. The predicted molar refractivity (Wildman–Crippen MR) is 59.1 cm³/mol. The average molecular weight is 220 g/mol. The molecule has 86 valence electrons. The molecule has 0 spiro atoms. The van der Waals surface area contributed by atoms with Crippen molar-refractivity contribution in [3.63, 3.8) is 0 Å². The Morgan fingerprint density at radius 3 is 2.69 bits per heavy atom. The zero-order valence-electron chi connectivity index (χ0n) is 9.86. The molecule has 1 unspecified atom stereocenters. The average Bonchev–Trinajstić information content (AvgIpc) is 2.73. The van der Waals surface area contributed by atoms with Gasteiger partial charge in [0.15, 0.2) is 5.78 Å². The van der Waals surface area contributed by atoms with Gasteiger partial charge in [0.25, 0.3) is 0 Å². The summed E-state index contributed by atoms with van der Waals surface area (Å²) in [7, 11) is 1.76. The number of carbonyl (C=O) groups is 2. The Labute approximate surface area is 94.6 Å². The van der Waals surface area contributed by atoms with Crippen LogP contribution in [0.4, 0.5) is 0 Å². The highest BCUT2D eigenvalue weighted by molar-refractivity contribution is 6.12. The first-order valence-corrected chi connectivity index (χ1v) is 5.50. The van der Waals surface area contributed by atoms with Gasteiger partial charge in [-0.25, -0.2) is 0 Å². The Kier molecular flexibility index (Phi) is 2.45. The van der Waals surface area contributed by atoms with Crippen molar-refractivity contribution in [3.8, 4) is 0 Å². The third kappa shape index (κ3) is 1.68. The van der Waals surface area contributed by atoms with Gasteiger partial charge in [-0.3, -0.25) is 14.3 Å². The van der Waals surface area contributed by atoms with Crippen LogP contribution in [-0.4, -0.2) is 21.3 Å². The number of hydrogen-bond acceptors (Lipinski definition) is 3. The van der Waals surface area contributed by atoms with Gasteiger partial charge in [-0.2, -0.15) is 5.10 Å². The molecule has 0 aliphatic heterocycles. The van der Waals surface area contributed by atoms with E-state index >= 15 is 0 Å². The molecule has 1 heterocycles. The van der Waals surface area contributed by atoms with Gasteiger partial charge < -0.3 is 0 Å². The largest absolute Gasteiger partial charge is 0.298 e. The Balaban J connectivity index is 2.22. The number of aromatic nitrogens is 2. The molecule has 0 saturated heterocycles. The lowest BCUT2D eigenvalue weighted by Crippen LogP contribution is -2.27. The van der Waals surface area contributed by atoms with E-state index in [4.69, 9.17) is 0 Å². The number of ketones is 2. The summed E-state index contributed by atoms with van der Waals surface area (Å²) >= 11 is 0. The summed E-state index contributed by atoms with van der Waals surface area (Å²) in [6.07, 6.45) is 3.16. The van der Waals surface area contributed by atoms with Gasteiger partial charge in [0.1, 0.15) is 11.5 Å². The predicted octanol–water partition coefficient (Wildman–Crippen LogP) is 1.61. The van der Waals surface area contributed by atoms with Gasteiger partial charge in [-0.1, -0.05) is 13.8 Å². The normalized spacial score (nSPS) is 23.7. The van der Waals surface area contributed by atoms with Crippen LogP contribution in [0.2, 0.25) is 0 Å². The Bertz CT molecular complexity index is 446. The summed E-state index contributed by atoms with van der Waals surface area (Å²) in [6, 6.07) is 1.67. The third-order valence-corrected chi connectivity index (χ3v) is 3.32. The van der Waals surface area contributed by atoms with Gasteiger partial charge in [0.05, 0.1) is 5.92 Å². The number of rotatable bonds is 2. The van der Waals surface area contributed by atoms with Gasteiger partial charge in [-0.15, -0.1) is 0 Å². The molecule has 4 nitrogen and oxygen atoms in total. The van der Waals surface area contributed by atoms with E-state index in [9.17, 15) is 9.59 Å². The maximum atomic E-state index is 12.1. The highest BCUT2D eigenvalue weighted by atomic mass is 16.2. The maximum absolute atomic E-state index is 12.1. The van der Waals surface area contributed by atoms with E-state index < -0.39 is 5.92 Å². The van der Waals surface area contributed by atoms with Gasteiger partial charge in [-0.05, 0) is 18.9 Å². The highest BCUT2D eigenvalue weighted by Crippen LogP contribution is 2.38. The Hall–Kier alpha value is -1.45. The lowest BCUT2D eigenvalue weighted by Gasteiger charge is -2.14. The molecule has 0 bridgehead atoms. The number of Topliss-reactive ketones (excluding diaryl/α,β-unsaturated/α-hetero) is 2. The van der Waals surface area contributed by atoms with Crippen molar-refractivity contribution < 1.29 is 9.59 Å². The fourth-order valence-electron chi connectivity index (χ4n) is 2.21. The van der Waals surface area contributed by atoms with E-state index in [2.05, 4.69) is 5.10 Å². The van der Waals surface area contributed by atoms with Crippen LogP contribution in [0.15, 0.2) is 12.3 Å². The van der Waals surface area contributed by atoms with Crippen LogP contribution in [0.1, 0.15) is 37.2 Å². The number of nitrogens with zero attached hydrogens (tertiary/aromatic N) is 2. The first-order valence-electron chi connectivity index (χ1n) is 5.50. The summed E-state index contributed by atoms with van der Waals surface area (Å²) in [6.45, 7) is 3.81. The first-order chi connectivity index (χ1) is 7.42. The van der Waals surface area contributed by atoms with Crippen LogP contribution in [-0.2, 0) is 11.8 Å². The van der Waals surface area contributed by atoms with Crippen LogP contribution in [0.25, 0.3) is 0 Å². The van der Waals surface area contributed by atoms with Crippen LogP contribution in [0.3, 0.4) is 0 Å². The standard InChI is InChI=1S/C12H16N2O2/c1-12(2)6-4-8(11(12)16)10(15)9-5-7-14(3)13-9/h5,7-8H,4,6H2,1-3H3. The molecular weight excluding hydrogens is 204 g/mol. The lowest BCUT2D eigenvalue weighted by atomic mass is 9.87. The molecule has 4 heteroatoms. The SMILES string of the molecule is Cn1ccc(C(=O)C2CCC(C)(C)C2=O)n1. The van der Waals surface area contributed by atoms with Gasteiger partial charge >= 0.3 is 0 Å². The first kappa shape index (κ1) is 11.0. The molecule has 1 saturated carbocycles. The molecule has 1 atom stereocenters. The molecule has 2 rings (SSSR count). The second kappa shape index (κ2) is 3.54. The molecule has 1 aromatic heterocycles. The summed E-state index contributed by atoms with van der Waals surface area (Å²) in [5.74, 6) is -0.552. The second-order valence-corrected chi connectivity index (χ2v) is 5.08. The van der Waals surface area contributed by atoms with Crippen molar-refractivity contribution in [3.05, 3.63) is 18.0 Å². The monoisotopic (exact) mass is 220 g/mol. The molecule has 0 N–H and O–H groups in total. The minimum Gasteiger partial charge on any atom is -0.298 e. The maximum Gasteiger partial charge on any atom is 0.193 e. The molecule has 1 aliphatic carbocycles. The molecular formula is C12H16N2O2. The van der Waals surface area contributed by atoms with Crippen molar-refractivity contribution in [2.24, 2.45) is 18.4 Å². The Morgan fingerprint density at radius 2 is 2.25 bits per heavy atom. The quantitative estimate of drug-likeness (QED) is 0.562. The van der Waals surface area contributed by atoms with Crippen molar-refractivity contribution in [1.29, 1.82) is 0 Å². The van der Waals surface area contributed by atoms with Gasteiger partial charge in [0.2, 0.25) is 0 Å². The zero-order valence-corrected chi connectivity index (χ0v) is 9.86.